The van der Waals surface area contributed by atoms with Gasteiger partial charge in [-0.15, -0.1) is 11.6 Å². The maximum atomic E-state index is 11.3. The number of hydrogen-bond donors (Lipinski definition) is 0. The Kier molecular flexibility index (Phi) is 2.74. The van der Waals surface area contributed by atoms with Crippen molar-refractivity contribution in [2.45, 2.75) is 56.4 Å². The number of rotatable bonds is 2. The first kappa shape index (κ1) is 10.3. The minimum absolute atomic E-state index is 0.0121. The van der Waals surface area contributed by atoms with Crippen LogP contribution in [0.1, 0.15) is 45.4 Å². The average molecular weight is 217 g/mol. The SMILES string of the molecule is CC[C@]1(Cl)C(=O)O[C@@H]1C1CCCCC1. The van der Waals surface area contributed by atoms with Gasteiger partial charge in [-0.3, -0.25) is 0 Å². The second-order valence-corrected chi connectivity index (χ2v) is 5.11. The van der Waals surface area contributed by atoms with Crippen LogP contribution in [-0.4, -0.2) is 16.9 Å². The molecule has 1 saturated carbocycles. The molecule has 2 rings (SSSR count). The van der Waals surface area contributed by atoms with Crippen LogP contribution in [0.3, 0.4) is 0 Å². The van der Waals surface area contributed by atoms with Gasteiger partial charge < -0.3 is 4.74 Å². The normalized spacial score (nSPS) is 39.0. The Bertz CT molecular complexity index is 235. The molecule has 2 fully saturated rings. The van der Waals surface area contributed by atoms with Crippen molar-refractivity contribution in [1.82, 2.24) is 0 Å². The third-order valence-electron chi connectivity index (χ3n) is 3.62. The van der Waals surface area contributed by atoms with E-state index in [0.717, 1.165) is 0 Å². The van der Waals surface area contributed by atoms with Gasteiger partial charge in [0.25, 0.3) is 0 Å². The molecule has 0 unspecified atom stereocenters. The van der Waals surface area contributed by atoms with Crippen LogP contribution in [0.4, 0.5) is 0 Å². The molecule has 0 amide bonds. The van der Waals surface area contributed by atoms with Crippen LogP contribution >= 0.6 is 11.6 Å². The number of esters is 1. The summed E-state index contributed by atoms with van der Waals surface area (Å²) in [4.78, 5) is 10.6. The summed E-state index contributed by atoms with van der Waals surface area (Å²) in [5, 5.41) is 0. The fourth-order valence-corrected chi connectivity index (χ4v) is 2.88. The van der Waals surface area contributed by atoms with Crippen molar-refractivity contribution in [2.24, 2.45) is 5.92 Å². The summed E-state index contributed by atoms with van der Waals surface area (Å²) in [5.74, 6) is 0.302. The minimum atomic E-state index is -0.692. The zero-order valence-electron chi connectivity index (χ0n) is 8.59. The molecule has 0 N–H and O–H groups in total. The van der Waals surface area contributed by atoms with Crippen LogP contribution in [0.15, 0.2) is 0 Å². The summed E-state index contributed by atoms with van der Waals surface area (Å²) in [6.45, 7) is 1.96. The van der Waals surface area contributed by atoms with E-state index in [1.54, 1.807) is 0 Å². The zero-order chi connectivity index (χ0) is 10.2. The molecule has 2 atom stereocenters. The number of ether oxygens (including phenoxy) is 1. The lowest BCUT2D eigenvalue weighted by molar-refractivity contribution is -0.187. The first-order valence-electron chi connectivity index (χ1n) is 5.58. The lowest BCUT2D eigenvalue weighted by Crippen LogP contribution is -2.61. The second-order valence-electron chi connectivity index (χ2n) is 4.44. The Morgan fingerprint density at radius 1 is 1.43 bits per heavy atom. The molecule has 0 aromatic rings. The maximum absolute atomic E-state index is 11.3. The highest BCUT2D eigenvalue weighted by molar-refractivity contribution is 6.36. The Hall–Kier alpha value is -0.240. The number of alkyl halides is 1. The Balaban J connectivity index is 2.01. The molecule has 80 valence electrons. The van der Waals surface area contributed by atoms with Gasteiger partial charge in [0.15, 0.2) is 4.87 Å². The van der Waals surface area contributed by atoms with Crippen LogP contribution in [0.25, 0.3) is 0 Å². The molecule has 0 aromatic carbocycles. The second kappa shape index (κ2) is 3.73. The predicted octanol–water partition coefficient (Wildman–Crippen LogP) is 2.88. The molecule has 2 nitrogen and oxygen atoms in total. The quantitative estimate of drug-likeness (QED) is 0.524. The van der Waals surface area contributed by atoms with Crippen molar-refractivity contribution in [3.05, 3.63) is 0 Å². The third kappa shape index (κ3) is 1.44. The first-order valence-corrected chi connectivity index (χ1v) is 5.96. The van der Waals surface area contributed by atoms with Gasteiger partial charge in [0.2, 0.25) is 0 Å². The van der Waals surface area contributed by atoms with E-state index in [9.17, 15) is 4.79 Å². The first-order chi connectivity index (χ1) is 6.68. The van der Waals surface area contributed by atoms with Gasteiger partial charge in [0, 0.05) is 0 Å². The fourth-order valence-electron chi connectivity index (χ4n) is 2.62. The number of carbonyl (C=O) groups is 1. The summed E-state index contributed by atoms with van der Waals surface area (Å²) in [5.41, 5.74) is 0. The Labute approximate surface area is 90.0 Å². The van der Waals surface area contributed by atoms with Crippen LogP contribution in [-0.2, 0) is 9.53 Å². The van der Waals surface area contributed by atoms with E-state index in [-0.39, 0.29) is 12.1 Å². The zero-order valence-corrected chi connectivity index (χ0v) is 9.35. The average Bonchev–Trinajstić information content (AvgIpc) is 2.25. The predicted molar refractivity (Wildman–Crippen MR) is 55.3 cm³/mol. The van der Waals surface area contributed by atoms with E-state index in [1.807, 2.05) is 6.92 Å². The molecular weight excluding hydrogens is 200 g/mol. The molecule has 2 aliphatic rings. The maximum Gasteiger partial charge on any atom is 0.331 e. The van der Waals surface area contributed by atoms with E-state index in [1.165, 1.54) is 32.1 Å². The van der Waals surface area contributed by atoms with Crippen LogP contribution in [0, 0.1) is 5.92 Å². The van der Waals surface area contributed by atoms with Crippen molar-refractivity contribution in [3.8, 4) is 0 Å². The summed E-state index contributed by atoms with van der Waals surface area (Å²) >= 11 is 6.27. The van der Waals surface area contributed by atoms with Crippen LogP contribution < -0.4 is 0 Å². The minimum Gasteiger partial charge on any atom is -0.458 e. The van der Waals surface area contributed by atoms with Gasteiger partial charge >= 0.3 is 5.97 Å². The molecule has 1 heterocycles. The molecular formula is C11H17ClO2. The van der Waals surface area contributed by atoms with Gasteiger partial charge in [-0.05, 0) is 25.2 Å². The van der Waals surface area contributed by atoms with E-state index in [4.69, 9.17) is 16.3 Å². The van der Waals surface area contributed by atoms with Crippen molar-refractivity contribution < 1.29 is 9.53 Å². The van der Waals surface area contributed by atoms with E-state index in [0.29, 0.717) is 12.3 Å². The molecule has 0 bridgehead atoms. The molecule has 0 aromatic heterocycles. The summed E-state index contributed by atoms with van der Waals surface area (Å²) in [6.07, 6.45) is 6.86. The highest BCUT2D eigenvalue weighted by atomic mass is 35.5. The summed E-state index contributed by atoms with van der Waals surface area (Å²) in [7, 11) is 0. The van der Waals surface area contributed by atoms with Gasteiger partial charge in [-0.1, -0.05) is 26.2 Å². The molecule has 14 heavy (non-hydrogen) atoms. The molecule has 1 saturated heterocycles. The number of cyclic esters (lactones) is 1. The van der Waals surface area contributed by atoms with Crippen LogP contribution in [0.2, 0.25) is 0 Å². The fraction of sp³-hybridized carbons (Fsp3) is 0.909. The lowest BCUT2D eigenvalue weighted by Gasteiger charge is -2.46. The Morgan fingerprint density at radius 3 is 2.57 bits per heavy atom. The smallest absolute Gasteiger partial charge is 0.331 e. The molecule has 3 heteroatoms. The van der Waals surface area contributed by atoms with Gasteiger partial charge in [0.05, 0.1) is 0 Å². The largest absolute Gasteiger partial charge is 0.458 e. The van der Waals surface area contributed by atoms with Crippen LogP contribution in [0.5, 0.6) is 0 Å². The van der Waals surface area contributed by atoms with Gasteiger partial charge in [-0.2, -0.15) is 0 Å². The molecule has 1 aliphatic carbocycles. The van der Waals surface area contributed by atoms with E-state index < -0.39 is 4.87 Å². The topological polar surface area (TPSA) is 26.3 Å². The van der Waals surface area contributed by atoms with Crippen molar-refractivity contribution in [3.63, 3.8) is 0 Å². The summed E-state index contributed by atoms with van der Waals surface area (Å²) < 4.78 is 5.21. The van der Waals surface area contributed by atoms with Gasteiger partial charge in [-0.25, -0.2) is 4.79 Å². The standard InChI is InChI=1S/C11H17ClO2/c1-2-11(12)9(14-10(11)13)8-6-4-3-5-7-8/h8-9H,2-7H2,1H3/t9-,11-/m1/s1. The number of carbonyl (C=O) groups excluding carboxylic acids is 1. The monoisotopic (exact) mass is 216 g/mol. The number of hydrogen-bond acceptors (Lipinski definition) is 2. The van der Waals surface area contributed by atoms with Crippen molar-refractivity contribution >= 4 is 17.6 Å². The van der Waals surface area contributed by atoms with Crippen molar-refractivity contribution in [2.75, 3.05) is 0 Å². The highest BCUT2D eigenvalue weighted by Gasteiger charge is 2.58. The van der Waals surface area contributed by atoms with E-state index in [2.05, 4.69) is 0 Å². The Morgan fingerprint density at radius 2 is 2.07 bits per heavy atom. The van der Waals surface area contributed by atoms with E-state index >= 15 is 0 Å². The van der Waals surface area contributed by atoms with Crippen molar-refractivity contribution in [1.29, 1.82) is 0 Å². The third-order valence-corrected chi connectivity index (χ3v) is 4.25. The highest BCUT2D eigenvalue weighted by Crippen LogP contribution is 2.45. The molecule has 0 radical (unpaired) electrons. The van der Waals surface area contributed by atoms with Gasteiger partial charge in [0.1, 0.15) is 6.10 Å². The molecule has 1 aliphatic heterocycles. The lowest BCUT2D eigenvalue weighted by atomic mass is 9.76. The number of halogens is 1. The molecule has 0 spiro atoms. The summed E-state index contributed by atoms with van der Waals surface area (Å²) in [6, 6.07) is 0.